The van der Waals surface area contributed by atoms with Crippen LogP contribution in [0.3, 0.4) is 0 Å². The predicted octanol–water partition coefficient (Wildman–Crippen LogP) is 3.02. The maximum Gasteiger partial charge on any atom is 0.219 e. The van der Waals surface area contributed by atoms with Crippen molar-refractivity contribution in [3.05, 3.63) is 65.2 Å². The normalized spacial score (nSPS) is 16.4. The molecule has 3 heterocycles. The van der Waals surface area contributed by atoms with Crippen LogP contribution in [0.25, 0.3) is 5.82 Å². The third-order valence-corrected chi connectivity index (χ3v) is 4.90. The zero-order valence-electron chi connectivity index (χ0n) is 15.8. The molecular formula is C20H21FN6O. The first-order chi connectivity index (χ1) is 13.5. The first kappa shape index (κ1) is 18.1. The average Bonchev–Trinajstić information content (AvgIpc) is 3.02. The Bertz CT molecular complexity index is 1000. The molecule has 1 atom stereocenters. The lowest BCUT2D eigenvalue weighted by Gasteiger charge is -2.20. The molecule has 7 nitrogen and oxygen atoms in total. The van der Waals surface area contributed by atoms with E-state index in [1.165, 1.54) is 19.1 Å². The van der Waals surface area contributed by atoms with Crippen LogP contribution in [0.15, 0.2) is 42.6 Å². The molecule has 1 unspecified atom stereocenters. The highest BCUT2D eigenvalue weighted by Crippen LogP contribution is 2.30. The quantitative estimate of drug-likeness (QED) is 0.756. The van der Waals surface area contributed by atoms with Gasteiger partial charge in [-0.05, 0) is 54.8 Å². The van der Waals surface area contributed by atoms with Gasteiger partial charge in [0, 0.05) is 26.2 Å². The maximum atomic E-state index is 13.8. The van der Waals surface area contributed by atoms with Gasteiger partial charge in [-0.3, -0.25) is 4.79 Å². The van der Waals surface area contributed by atoms with Gasteiger partial charge in [0.15, 0.2) is 5.82 Å². The molecule has 0 spiro atoms. The van der Waals surface area contributed by atoms with Crippen LogP contribution in [-0.2, 0) is 11.3 Å². The number of amides is 1. The first-order valence-corrected chi connectivity index (χ1v) is 9.16. The molecule has 1 amide bonds. The second-order valence-corrected chi connectivity index (χ2v) is 6.95. The molecule has 4 rings (SSSR count). The summed E-state index contributed by atoms with van der Waals surface area (Å²) < 4.78 is 15.4. The van der Waals surface area contributed by atoms with Crippen molar-refractivity contribution in [2.24, 2.45) is 0 Å². The highest BCUT2D eigenvalue weighted by molar-refractivity contribution is 5.73. The Morgan fingerprint density at radius 1 is 1.21 bits per heavy atom. The minimum Gasteiger partial charge on any atom is -0.362 e. The summed E-state index contributed by atoms with van der Waals surface area (Å²) in [4.78, 5) is 13.6. The summed E-state index contributed by atoms with van der Waals surface area (Å²) in [6, 6.07) is 10.2. The van der Waals surface area contributed by atoms with Crippen molar-refractivity contribution in [2.75, 3.05) is 11.9 Å². The van der Waals surface area contributed by atoms with Crippen LogP contribution < -0.4 is 5.32 Å². The first-order valence-electron chi connectivity index (χ1n) is 9.16. The predicted molar refractivity (Wildman–Crippen MR) is 102 cm³/mol. The number of aromatic nitrogens is 4. The van der Waals surface area contributed by atoms with Crippen LogP contribution in [0.5, 0.6) is 0 Å². The van der Waals surface area contributed by atoms with Crippen LogP contribution in [-0.4, -0.2) is 37.3 Å². The molecule has 0 fully saturated rings. The van der Waals surface area contributed by atoms with Crippen molar-refractivity contribution in [3.63, 3.8) is 0 Å². The lowest BCUT2D eigenvalue weighted by atomic mass is 9.99. The fourth-order valence-electron chi connectivity index (χ4n) is 3.44. The largest absolute Gasteiger partial charge is 0.362 e. The molecule has 3 aromatic rings. The summed E-state index contributed by atoms with van der Waals surface area (Å²) in [5.41, 5.74) is 2.68. The molecule has 0 radical (unpaired) electrons. The Kier molecular flexibility index (Phi) is 4.77. The van der Waals surface area contributed by atoms with Crippen molar-refractivity contribution >= 4 is 11.7 Å². The Morgan fingerprint density at radius 2 is 2.07 bits per heavy atom. The van der Waals surface area contributed by atoms with E-state index in [-0.39, 0.29) is 17.8 Å². The topological polar surface area (TPSA) is 75.9 Å². The van der Waals surface area contributed by atoms with Crippen LogP contribution in [0, 0.1) is 12.7 Å². The van der Waals surface area contributed by atoms with Crippen molar-refractivity contribution in [2.45, 2.75) is 32.9 Å². The number of nitrogens with one attached hydrogen (secondary N) is 1. The van der Waals surface area contributed by atoms with Gasteiger partial charge in [-0.15, -0.1) is 10.2 Å². The van der Waals surface area contributed by atoms with Crippen molar-refractivity contribution < 1.29 is 9.18 Å². The van der Waals surface area contributed by atoms with E-state index in [9.17, 15) is 9.18 Å². The Morgan fingerprint density at radius 3 is 2.75 bits per heavy atom. The summed E-state index contributed by atoms with van der Waals surface area (Å²) in [5, 5.41) is 16.2. The molecular weight excluding hydrogens is 359 g/mol. The standard InChI is InChI=1S/C20H21FN6O/c1-13-7-10-27(25-13)20-6-5-19(23-24-20)22-18-8-9-26(14(2)28)12-15-11-16(21)3-4-17(15)18/h3-7,10-11,18H,8-9,12H2,1-2H3,(H,22,23). The molecule has 1 N–H and O–H groups in total. The number of anilines is 1. The van der Waals surface area contributed by atoms with Crippen molar-refractivity contribution in [1.29, 1.82) is 0 Å². The second-order valence-electron chi connectivity index (χ2n) is 6.95. The molecule has 8 heteroatoms. The third-order valence-electron chi connectivity index (χ3n) is 4.90. The molecule has 0 saturated heterocycles. The van der Waals surface area contributed by atoms with Crippen LogP contribution in [0.1, 0.15) is 36.2 Å². The van der Waals surface area contributed by atoms with Gasteiger partial charge in [0.2, 0.25) is 5.91 Å². The van der Waals surface area contributed by atoms with E-state index in [4.69, 9.17) is 0 Å². The molecule has 1 aliphatic heterocycles. The zero-order valence-corrected chi connectivity index (χ0v) is 15.8. The number of halogens is 1. The number of hydrogen-bond acceptors (Lipinski definition) is 5. The average molecular weight is 380 g/mol. The molecule has 2 aromatic heterocycles. The van der Waals surface area contributed by atoms with E-state index < -0.39 is 0 Å². The molecule has 1 aliphatic rings. The number of rotatable bonds is 3. The highest BCUT2D eigenvalue weighted by atomic mass is 19.1. The van der Waals surface area contributed by atoms with E-state index >= 15 is 0 Å². The van der Waals surface area contributed by atoms with Gasteiger partial charge in [0.1, 0.15) is 11.6 Å². The van der Waals surface area contributed by atoms with E-state index in [1.807, 2.05) is 31.3 Å². The molecule has 0 bridgehead atoms. The number of nitrogens with zero attached hydrogens (tertiary/aromatic N) is 5. The summed E-state index contributed by atoms with van der Waals surface area (Å²) in [6.07, 6.45) is 2.53. The Hall–Kier alpha value is -3.29. The van der Waals surface area contributed by atoms with E-state index in [2.05, 4.69) is 20.6 Å². The van der Waals surface area contributed by atoms with Gasteiger partial charge in [-0.25, -0.2) is 9.07 Å². The summed E-state index contributed by atoms with van der Waals surface area (Å²) in [7, 11) is 0. The van der Waals surface area contributed by atoms with Gasteiger partial charge in [-0.2, -0.15) is 5.10 Å². The number of benzene rings is 1. The molecule has 0 aliphatic carbocycles. The van der Waals surface area contributed by atoms with E-state index in [0.717, 1.165) is 16.8 Å². The zero-order chi connectivity index (χ0) is 19.7. The van der Waals surface area contributed by atoms with Crippen LogP contribution >= 0.6 is 0 Å². The molecule has 144 valence electrons. The number of carbonyl (C=O) groups excluding carboxylic acids is 1. The molecule has 1 aromatic carbocycles. The van der Waals surface area contributed by atoms with Gasteiger partial charge < -0.3 is 10.2 Å². The van der Waals surface area contributed by atoms with Gasteiger partial charge in [-0.1, -0.05) is 6.07 Å². The highest BCUT2D eigenvalue weighted by Gasteiger charge is 2.24. The SMILES string of the molecule is CC(=O)N1CCC(Nc2ccc(-n3ccc(C)n3)nn2)c2ccc(F)cc2C1. The lowest BCUT2D eigenvalue weighted by Crippen LogP contribution is -2.28. The molecule has 28 heavy (non-hydrogen) atoms. The summed E-state index contributed by atoms with van der Waals surface area (Å²) >= 11 is 0. The smallest absolute Gasteiger partial charge is 0.219 e. The lowest BCUT2D eigenvalue weighted by molar-refractivity contribution is -0.129. The van der Waals surface area contributed by atoms with Crippen molar-refractivity contribution in [1.82, 2.24) is 24.9 Å². The van der Waals surface area contributed by atoms with Crippen LogP contribution in [0.4, 0.5) is 10.2 Å². The summed E-state index contributed by atoms with van der Waals surface area (Å²) in [5.74, 6) is 0.921. The fourth-order valence-corrected chi connectivity index (χ4v) is 3.44. The Balaban J connectivity index is 1.58. The van der Waals surface area contributed by atoms with Crippen LogP contribution in [0.2, 0.25) is 0 Å². The van der Waals surface area contributed by atoms with Gasteiger partial charge in [0.05, 0.1) is 11.7 Å². The molecule has 0 saturated carbocycles. The maximum absolute atomic E-state index is 13.8. The fraction of sp³-hybridized carbons (Fsp3) is 0.300. The van der Waals surface area contributed by atoms with Gasteiger partial charge in [0.25, 0.3) is 0 Å². The minimum atomic E-state index is -0.304. The van der Waals surface area contributed by atoms with E-state index in [1.54, 1.807) is 15.6 Å². The number of fused-ring (bicyclic) bond motifs is 1. The third kappa shape index (κ3) is 3.71. The van der Waals surface area contributed by atoms with Gasteiger partial charge >= 0.3 is 0 Å². The minimum absolute atomic E-state index is 0.0190. The van der Waals surface area contributed by atoms with E-state index in [0.29, 0.717) is 31.1 Å². The number of hydrogen-bond donors (Lipinski definition) is 1. The number of aryl methyl sites for hydroxylation is 1. The monoisotopic (exact) mass is 380 g/mol. The Labute approximate surface area is 162 Å². The van der Waals surface area contributed by atoms with Crippen molar-refractivity contribution in [3.8, 4) is 5.82 Å². The number of carbonyl (C=O) groups is 1. The summed E-state index contributed by atoms with van der Waals surface area (Å²) in [6.45, 7) is 4.44. The second kappa shape index (κ2) is 7.38.